The molecule has 2 amide bonds. The normalized spacial score (nSPS) is 29.6. The largest absolute Gasteiger partial charge is 0.368 e. The highest BCUT2D eigenvalue weighted by Gasteiger charge is 2.49. The van der Waals surface area contributed by atoms with E-state index in [1.807, 2.05) is 28.1 Å². The van der Waals surface area contributed by atoms with Crippen LogP contribution in [-0.2, 0) is 20.9 Å². The van der Waals surface area contributed by atoms with Crippen molar-refractivity contribution in [2.24, 2.45) is 0 Å². The lowest BCUT2D eigenvalue weighted by molar-refractivity contribution is -0.147. The van der Waals surface area contributed by atoms with Crippen LogP contribution < -0.4 is 0 Å². The average Bonchev–Trinajstić information content (AvgIpc) is 3.27. The second-order valence-electron chi connectivity index (χ2n) is 7.43. The molecule has 0 saturated carbocycles. The molecular weight excluding hydrogens is 318 g/mol. The minimum Gasteiger partial charge on any atom is -0.368 e. The Morgan fingerprint density at radius 1 is 1.36 bits per heavy atom. The monoisotopic (exact) mass is 343 g/mol. The summed E-state index contributed by atoms with van der Waals surface area (Å²) in [5, 5.41) is 0. The highest BCUT2D eigenvalue weighted by atomic mass is 16.5. The van der Waals surface area contributed by atoms with Gasteiger partial charge in [-0.25, -0.2) is 0 Å². The number of pyridine rings is 1. The van der Waals surface area contributed by atoms with E-state index in [1.165, 1.54) is 0 Å². The Morgan fingerprint density at radius 3 is 3.04 bits per heavy atom. The van der Waals surface area contributed by atoms with Gasteiger partial charge in [0.2, 0.25) is 5.91 Å². The first kappa shape index (κ1) is 16.5. The molecular formula is C19H25N3O3. The van der Waals surface area contributed by atoms with E-state index in [0.717, 1.165) is 44.2 Å². The molecule has 2 unspecified atom stereocenters. The maximum absolute atomic E-state index is 12.8. The number of nitrogens with zero attached hydrogens (tertiary/aromatic N) is 3. The molecule has 6 nitrogen and oxygen atoms in total. The zero-order valence-corrected chi connectivity index (χ0v) is 14.5. The quantitative estimate of drug-likeness (QED) is 0.839. The number of rotatable bonds is 3. The van der Waals surface area contributed by atoms with Crippen molar-refractivity contribution in [3.8, 4) is 0 Å². The van der Waals surface area contributed by atoms with Gasteiger partial charge in [-0.15, -0.1) is 0 Å². The van der Waals surface area contributed by atoms with Gasteiger partial charge in [0.15, 0.2) is 0 Å². The van der Waals surface area contributed by atoms with Crippen molar-refractivity contribution >= 4 is 11.8 Å². The van der Waals surface area contributed by atoms with Gasteiger partial charge in [-0.1, -0.05) is 6.07 Å². The van der Waals surface area contributed by atoms with Crippen LogP contribution in [-0.4, -0.2) is 57.9 Å². The summed E-state index contributed by atoms with van der Waals surface area (Å²) < 4.78 is 5.58. The van der Waals surface area contributed by atoms with Crippen molar-refractivity contribution in [1.82, 2.24) is 14.8 Å². The van der Waals surface area contributed by atoms with E-state index >= 15 is 0 Å². The minimum absolute atomic E-state index is 0.109. The fraction of sp³-hybridized carbons (Fsp3) is 0.632. The molecule has 0 aliphatic carbocycles. The van der Waals surface area contributed by atoms with Crippen LogP contribution in [0.1, 0.15) is 44.1 Å². The molecule has 0 radical (unpaired) electrons. The molecule has 2 atom stereocenters. The molecule has 134 valence electrons. The molecule has 1 aromatic heterocycles. The number of aromatic nitrogens is 1. The van der Waals surface area contributed by atoms with Crippen molar-refractivity contribution in [3.05, 3.63) is 30.1 Å². The minimum atomic E-state index is -0.279. The van der Waals surface area contributed by atoms with Gasteiger partial charge < -0.3 is 14.5 Å². The summed E-state index contributed by atoms with van der Waals surface area (Å²) in [7, 11) is 0. The van der Waals surface area contributed by atoms with Crippen molar-refractivity contribution in [2.45, 2.75) is 56.7 Å². The molecule has 3 fully saturated rings. The SMILES string of the molecule is O=C(C1CCCO1)N1CCCC2(CCC(=O)N2Cc2cccnc2)C1. The Hall–Kier alpha value is -1.95. The van der Waals surface area contributed by atoms with Crippen LogP contribution in [0, 0.1) is 0 Å². The fourth-order valence-electron chi connectivity index (χ4n) is 4.51. The van der Waals surface area contributed by atoms with Crippen molar-refractivity contribution in [2.75, 3.05) is 19.7 Å². The molecule has 0 N–H and O–H groups in total. The number of hydrogen-bond donors (Lipinski definition) is 0. The predicted octanol–water partition coefficient (Wildman–Crippen LogP) is 1.74. The van der Waals surface area contributed by atoms with Gasteiger partial charge >= 0.3 is 0 Å². The maximum atomic E-state index is 12.8. The number of amides is 2. The lowest BCUT2D eigenvalue weighted by atomic mass is 9.86. The molecule has 3 aliphatic rings. The van der Waals surface area contributed by atoms with Gasteiger partial charge in [-0.05, 0) is 43.7 Å². The Kier molecular flexibility index (Phi) is 4.46. The molecule has 0 aromatic carbocycles. The van der Waals surface area contributed by atoms with Crippen LogP contribution in [0.3, 0.4) is 0 Å². The second kappa shape index (κ2) is 6.75. The van der Waals surface area contributed by atoms with E-state index in [1.54, 1.807) is 6.20 Å². The van der Waals surface area contributed by atoms with E-state index in [4.69, 9.17) is 4.74 Å². The first-order valence-corrected chi connectivity index (χ1v) is 9.28. The third-order valence-corrected chi connectivity index (χ3v) is 5.81. The standard InChI is InChI=1S/C19H25N3O3/c23-17-6-8-19(22(17)13-15-4-1-9-20-12-15)7-3-10-21(14-19)18(24)16-5-2-11-25-16/h1,4,9,12,16H,2-3,5-8,10-11,13-14H2. The summed E-state index contributed by atoms with van der Waals surface area (Å²) >= 11 is 0. The molecule has 4 rings (SSSR count). The van der Waals surface area contributed by atoms with E-state index < -0.39 is 0 Å². The molecule has 3 saturated heterocycles. The summed E-state index contributed by atoms with van der Waals surface area (Å²) in [4.78, 5) is 33.4. The number of carbonyl (C=O) groups excluding carboxylic acids is 2. The number of hydrogen-bond acceptors (Lipinski definition) is 4. The molecule has 3 aliphatic heterocycles. The van der Waals surface area contributed by atoms with E-state index in [9.17, 15) is 9.59 Å². The lowest BCUT2D eigenvalue weighted by Gasteiger charge is -2.46. The molecule has 1 aromatic rings. The first-order chi connectivity index (χ1) is 12.2. The average molecular weight is 343 g/mol. The highest BCUT2D eigenvalue weighted by Crippen LogP contribution is 2.39. The number of carbonyl (C=O) groups is 2. The van der Waals surface area contributed by atoms with E-state index in [-0.39, 0.29) is 23.5 Å². The van der Waals surface area contributed by atoms with Gasteiger partial charge in [0, 0.05) is 45.1 Å². The van der Waals surface area contributed by atoms with Gasteiger partial charge in [-0.3, -0.25) is 14.6 Å². The van der Waals surface area contributed by atoms with Gasteiger partial charge in [0.1, 0.15) is 6.10 Å². The lowest BCUT2D eigenvalue weighted by Crippen LogP contribution is -2.58. The predicted molar refractivity (Wildman–Crippen MR) is 91.5 cm³/mol. The molecule has 4 heterocycles. The zero-order chi connectivity index (χ0) is 17.3. The van der Waals surface area contributed by atoms with Crippen LogP contribution >= 0.6 is 0 Å². The number of piperidine rings is 1. The van der Waals surface area contributed by atoms with Crippen LogP contribution in [0.5, 0.6) is 0 Å². The molecule has 1 spiro atoms. The summed E-state index contributed by atoms with van der Waals surface area (Å²) in [5.74, 6) is 0.299. The zero-order valence-electron chi connectivity index (χ0n) is 14.5. The van der Waals surface area contributed by atoms with Crippen LogP contribution in [0.2, 0.25) is 0 Å². The maximum Gasteiger partial charge on any atom is 0.251 e. The smallest absolute Gasteiger partial charge is 0.251 e. The van der Waals surface area contributed by atoms with Crippen LogP contribution in [0.15, 0.2) is 24.5 Å². The third kappa shape index (κ3) is 3.15. The molecule has 6 heteroatoms. The topological polar surface area (TPSA) is 62.7 Å². The Balaban J connectivity index is 1.52. The number of ether oxygens (including phenoxy) is 1. The Labute approximate surface area is 148 Å². The van der Waals surface area contributed by atoms with Gasteiger partial charge in [0.25, 0.3) is 5.91 Å². The van der Waals surface area contributed by atoms with Crippen molar-refractivity contribution in [1.29, 1.82) is 0 Å². The summed E-state index contributed by atoms with van der Waals surface area (Å²) in [6, 6.07) is 3.90. The Bertz CT molecular complexity index is 645. The summed E-state index contributed by atoms with van der Waals surface area (Å²) in [5.41, 5.74) is 0.819. The van der Waals surface area contributed by atoms with Crippen molar-refractivity contribution in [3.63, 3.8) is 0 Å². The second-order valence-corrected chi connectivity index (χ2v) is 7.43. The van der Waals surface area contributed by atoms with Gasteiger partial charge in [-0.2, -0.15) is 0 Å². The number of likely N-dealkylation sites (tertiary alicyclic amines) is 2. The van der Waals surface area contributed by atoms with E-state index in [2.05, 4.69) is 4.98 Å². The van der Waals surface area contributed by atoms with Crippen molar-refractivity contribution < 1.29 is 14.3 Å². The Morgan fingerprint density at radius 2 is 2.28 bits per heavy atom. The highest BCUT2D eigenvalue weighted by molar-refractivity contribution is 5.83. The summed E-state index contributed by atoms with van der Waals surface area (Å²) in [6.07, 6.45) is 8.37. The first-order valence-electron chi connectivity index (χ1n) is 9.28. The van der Waals surface area contributed by atoms with Crippen LogP contribution in [0.4, 0.5) is 0 Å². The molecule has 0 bridgehead atoms. The van der Waals surface area contributed by atoms with E-state index in [0.29, 0.717) is 26.1 Å². The molecule has 25 heavy (non-hydrogen) atoms. The fourth-order valence-corrected chi connectivity index (χ4v) is 4.51. The van der Waals surface area contributed by atoms with Crippen LogP contribution in [0.25, 0.3) is 0 Å². The van der Waals surface area contributed by atoms with Gasteiger partial charge in [0.05, 0.1) is 5.54 Å². The third-order valence-electron chi connectivity index (χ3n) is 5.81. The summed E-state index contributed by atoms with van der Waals surface area (Å²) in [6.45, 7) is 2.67.